The average Bonchev–Trinajstić information content (AvgIpc) is 3.96. The molecule has 2 saturated heterocycles. The zero-order valence-corrected chi connectivity index (χ0v) is 36.2. The number of hydrogen-bond donors (Lipinski definition) is 4. The van der Waals surface area contributed by atoms with Crippen LogP contribution in [-0.4, -0.2) is 90.0 Å². The van der Waals surface area contributed by atoms with Gasteiger partial charge in [-0.25, -0.2) is 19.6 Å². The van der Waals surface area contributed by atoms with E-state index in [1.807, 2.05) is 107 Å². The van der Waals surface area contributed by atoms with Crippen LogP contribution in [0.4, 0.5) is 9.59 Å². The van der Waals surface area contributed by atoms with Gasteiger partial charge in [0.2, 0.25) is 0 Å². The number of fused-ring (bicyclic) bond motifs is 5. The summed E-state index contributed by atoms with van der Waals surface area (Å²) >= 11 is 0. The third-order valence-electron chi connectivity index (χ3n) is 13.8. The van der Waals surface area contributed by atoms with Crippen molar-refractivity contribution in [2.45, 2.75) is 61.9 Å². The molecule has 7 aromatic rings. The number of nitrogens with zero attached hydrogens (tertiary/aromatic N) is 5. The van der Waals surface area contributed by atoms with Gasteiger partial charge in [0.1, 0.15) is 23.7 Å². The second-order valence-corrected chi connectivity index (χ2v) is 17.8. The lowest BCUT2D eigenvalue weighted by atomic mass is 10.0. The van der Waals surface area contributed by atoms with Gasteiger partial charge in [-0.05, 0) is 89.9 Å². The molecule has 14 heteroatoms. The summed E-state index contributed by atoms with van der Waals surface area (Å²) in [6.45, 7) is 0. The molecule has 5 aromatic carbocycles. The Bertz CT molecular complexity index is 3100. The normalized spacial score (nSPS) is 22.2. The highest BCUT2D eigenvalue weighted by Crippen LogP contribution is 2.55. The molecule has 0 spiro atoms. The summed E-state index contributed by atoms with van der Waals surface area (Å²) in [5.74, 6) is 8.38. The highest BCUT2D eigenvalue weighted by atomic mass is 16.5. The number of hydrogen-bond acceptors (Lipinski definition) is 7. The topological polar surface area (TPSA) is 177 Å². The van der Waals surface area contributed by atoms with Crippen LogP contribution in [0.3, 0.4) is 0 Å². The lowest BCUT2D eigenvalue weighted by Gasteiger charge is -2.33. The Morgan fingerprint density at radius 3 is 2.08 bits per heavy atom. The van der Waals surface area contributed by atoms with E-state index in [1.54, 1.807) is 18.3 Å². The van der Waals surface area contributed by atoms with Crippen LogP contribution in [0.15, 0.2) is 121 Å². The minimum atomic E-state index is -1.16. The predicted molar refractivity (Wildman–Crippen MR) is 245 cm³/mol. The first-order valence-corrected chi connectivity index (χ1v) is 22.3. The van der Waals surface area contributed by atoms with Crippen molar-refractivity contribution in [3.05, 3.63) is 155 Å². The first kappa shape index (κ1) is 40.8. The first-order chi connectivity index (χ1) is 32.1. The molecule has 4 aliphatic rings. The third kappa shape index (κ3) is 7.36. The monoisotopic (exact) mass is 878 g/mol. The van der Waals surface area contributed by atoms with Gasteiger partial charge in [0.05, 0.1) is 42.1 Å². The zero-order valence-electron chi connectivity index (χ0n) is 36.2. The van der Waals surface area contributed by atoms with Gasteiger partial charge >= 0.3 is 12.2 Å². The van der Waals surface area contributed by atoms with Gasteiger partial charge in [-0.2, -0.15) is 0 Å². The van der Waals surface area contributed by atoms with Crippen LogP contribution in [0, 0.1) is 23.7 Å². The van der Waals surface area contributed by atoms with Crippen LogP contribution in [0.25, 0.3) is 33.1 Å². The number of nitrogens with one attached hydrogen (secondary N) is 3. The van der Waals surface area contributed by atoms with Crippen molar-refractivity contribution in [3.8, 4) is 23.1 Å². The minimum Gasteiger partial charge on any atom is -0.465 e. The smallest absolute Gasteiger partial charge is 0.407 e. The largest absolute Gasteiger partial charge is 0.465 e. The Hall–Kier alpha value is -7.92. The van der Waals surface area contributed by atoms with E-state index < -0.39 is 24.3 Å². The van der Waals surface area contributed by atoms with E-state index in [4.69, 9.17) is 14.7 Å². The van der Waals surface area contributed by atoms with Crippen LogP contribution in [0.5, 0.6) is 0 Å². The van der Waals surface area contributed by atoms with Crippen molar-refractivity contribution in [3.63, 3.8) is 0 Å². The molecule has 4 fully saturated rings. The summed E-state index contributed by atoms with van der Waals surface area (Å²) in [4.78, 5) is 74.7. The molecule has 330 valence electrons. The van der Waals surface area contributed by atoms with Gasteiger partial charge in [-0.15, -0.1) is 0 Å². The fourth-order valence-corrected chi connectivity index (χ4v) is 10.3. The molecule has 66 heavy (non-hydrogen) atoms. The van der Waals surface area contributed by atoms with Crippen molar-refractivity contribution >= 4 is 45.8 Å². The molecule has 2 aliphatic heterocycles. The number of aromatic amines is 2. The van der Waals surface area contributed by atoms with Crippen molar-refractivity contribution in [1.29, 1.82) is 0 Å². The number of piperidine rings is 2. The maximum absolute atomic E-state index is 14.3. The molecular weight excluding hydrogens is 833 g/mol. The zero-order chi connectivity index (χ0) is 45.2. The Balaban J connectivity index is 0.791. The number of carbonyl (C=O) groups excluding carboxylic acids is 3. The Morgan fingerprint density at radius 1 is 0.758 bits per heavy atom. The highest BCUT2D eigenvalue weighted by Gasteiger charge is 2.57. The molecule has 14 nitrogen and oxygen atoms in total. The first-order valence-electron chi connectivity index (χ1n) is 22.3. The molecule has 2 aliphatic carbocycles. The van der Waals surface area contributed by atoms with E-state index in [0.29, 0.717) is 34.6 Å². The summed E-state index contributed by atoms with van der Waals surface area (Å²) < 4.78 is 4.87. The second kappa shape index (κ2) is 16.3. The van der Waals surface area contributed by atoms with Crippen LogP contribution in [0.2, 0.25) is 0 Å². The van der Waals surface area contributed by atoms with Gasteiger partial charge in [0.25, 0.3) is 11.8 Å². The predicted octanol–water partition coefficient (Wildman–Crippen LogP) is 8.28. The number of imidazole rings is 2. The van der Waals surface area contributed by atoms with E-state index >= 15 is 0 Å². The fourth-order valence-electron chi connectivity index (χ4n) is 10.3. The maximum Gasteiger partial charge on any atom is 0.407 e. The number of carbonyl (C=O) groups is 4. The number of alkyl carbamates (subject to hydrolysis) is 1. The number of carboxylic acid groups (broad SMARTS) is 1. The molecule has 2 aromatic heterocycles. The van der Waals surface area contributed by atoms with Crippen LogP contribution < -0.4 is 5.32 Å². The summed E-state index contributed by atoms with van der Waals surface area (Å²) in [6, 6.07) is 34.2. The molecule has 8 atom stereocenters. The summed E-state index contributed by atoms with van der Waals surface area (Å²) in [7, 11) is 2.74. The van der Waals surface area contributed by atoms with Crippen molar-refractivity contribution in [2.75, 3.05) is 14.2 Å². The van der Waals surface area contributed by atoms with Gasteiger partial charge in [0.15, 0.2) is 0 Å². The van der Waals surface area contributed by atoms with Crippen molar-refractivity contribution in [2.24, 2.45) is 11.8 Å². The Labute approximate surface area is 380 Å². The number of benzene rings is 5. The van der Waals surface area contributed by atoms with Gasteiger partial charge in [-0.1, -0.05) is 96.8 Å². The Morgan fingerprint density at radius 2 is 1.39 bits per heavy atom. The van der Waals surface area contributed by atoms with Gasteiger partial charge in [0, 0.05) is 35.6 Å². The minimum absolute atomic E-state index is 0.0627. The van der Waals surface area contributed by atoms with Crippen LogP contribution in [-0.2, 0) is 14.3 Å². The van der Waals surface area contributed by atoms with Crippen molar-refractivity contribution < 1.29 is 29.0 Å². The van der Waals surface area contributed by atoms with E-state index in [9.17, 15) is 24.3 Å². The molecule has 11 rings (SSSR count). The van der Waals surface area contributed by atoms with Gasteiger partial charge in [-0.3, -0.25) is 14.5 Å². The quantitative estimate of drug-likeness (QED) is 0.105. The maximum atomic E-state index is 14.3. The summed E-state index contributed by atoms with van der Waals surface area (Å²) in [5.41, 5.74) is 6.47. The molecular formula is C52H46N8O6. The number of methoxy groups -OCH3 is 1. The molecule has 4 amide bonds. The number of likely N-dealkylation sites (tertiary alicyclic amines) is 2. The molecule has 0 radical (unpaired) electrons. The van der Waals surface area contributed by atoms with E-state index in [2.05, 4.69) is 33.2 Å². The number of amides is 4. The molecule has 0 unspecified atom stereocenters. The van der Waals surface area contributed by atoms with Crippen LogP contribution in [0.1, 0.15) is 83.8 Å². The lowest BCUT2D eigenvalue weighted by molar-refractivity contribution is -0.138. The summed E-state index contributed by atoms with van der Waals surface area (Å²) in [6.07, 6.45) is 3.38. The number of H-pyrrole nitrogens is 2. The number of aromatic nitrogens is 4. The average molecular weight is 879 g/mol. The molecule has 4 heterocycles. The van der Waals surface area contributed by atoms with Gasteiger partial charge < -0.3 is 34.9 Å². The molecule has 0 bridgehead atoms. The Kier molecular flexibility index (Phi) is 10.1. The van der Waals surface area contributed by atoms with E-state index in [-0.39, 0.29) is 36.0 Å². The third-order valence-corrected chi connectivity index (χ3v) is 13.8. The molecule has 4 N–H and O–H groups in total. The second-order valence-electron chi connectivity index (χ2n) is 17.8. The lowest BCUT2D eigenvalue weighted by Crippen LogP contribution is -2.44. The standard InChI is InChI=1S/C52H46N8O6/c1-58(52(64)65)46(33-11-7-4-8-12-33)50(62)60-41-25-36(41)27-43(60)48-54-38-22-20-34-23-30(17-21-37(34)45(38)56-48)14-13-29-15-18-31(19-16-29)39-28-53-47(55-39)42-26-35-24-40(35)59(42)49(61)44(57-51(63)66-2)32-9-5-3-6-10-32/h3-12,15-23,28,35-36,40-44,46H,24-27H2,1-2H3,(H,53,55)(H,54,56)(H,57,63)(H,64,65)/t35-,36-,40-,41-,42+,43+,44-,46-/m1/s1. The number of likely N-dealkylation sites (N-methyl/N-ethyl adjacent to an activating group) is 1. The van der Waals surface area contributed by atoms with Crippen molar-refractivity contribution in [1.82, 2.24) is 40.0 Å². The SMILES string of the molecule is COC(=O)N[C@@H](C(=O)N1[C@@H]2C[C@@H]2C[C@H]1c1ncc(-c2ccc(C#Cc3ccc4c(ccc5[nH]c([C@@H]6C[C@H]7C[C@H]7N6C(=O)[C@@H](c6ccccc6)N(C)C(=O)O)nc54)c3)cc2)[nH]1)c1ccccc1. The van der Waals surface area contributed by atoms with E-state index in [1.165, 1.54) is 14.2 Å². The molecule has 2 saturated carbocycles. The number of rotatable bonds is 9. The summed E-state index contributed by atoms with van der Waals surface area (Å²) in [5, 5.41) is 14.6. The highest BCUT2D eigenvalue weighted by molar-refractivity contribution is 6.04. The number of ether oxygens (including phenoxy) is 1. The van der Waals surface area contributed by atoms with E-state index in [0.717, 1.165) is 74.8 Å². The fraction of sp³-hybridized carbons (Fsp3) is 0.269. The van der Waals surface area contributed by atoms with Crippen LogP contribution >= 0.6 is 0 Å².